The van der Waals surface area contributed by atoms with Crippen molar-refractivity contribution in [1.82, 2.24) is 9.97 Å². The van der Waals surface area contributed by atoms with E-state index in [9.17, 15) is 0 Å². The number of anilines is 2. The standard InChI is InChI=1S/C16H26N4/c1-4-17-15-9-16(19-11(2)18-15)20(3)10-14-8-12-5-6-13(14)7-12/h9,12-14H,4-8,10H2,1-3H3,(H,17,18,19). The Morgan fingerprint density at radius 3 is 2.80 bits per heavy atom. The highest BCUT2D eigenvalue weighted by Crippen LogP contribution is 2.48. The number of nitrogens with one attached hydrogen (secondary N) is 1. The number of fused-ring (bicyclic) bond motifs is 2. The summed E-state index contributed by atoms with van der Waals surface area (Å²) in [6.07, 6.45) is 5.83. The molecular weight excluding hydrogens is 248 g/mol. The molecule has 0 amide bonds. The summed E-state index contributed by atoms with van der Waals surface area (Å²) in [5.74, 6) is 5.70. The van der Waals surface area contributed by atoms with Gasteiger partial charge in [-0.1, -0.05) is 6.42 Å². The van der Waals surface area contributed by atoms with Gasteiger partial charge in [-0.3, -0.25) is 0 Å². The van der Waals surface area contributed by atoms with Gasteiger partial charge in [0.05, 0.1) is 0 Å². The van der Waals surface area contributed by atoms with Gasteiger partial charge in [0.25, 0.3) is 0 Å². The number of rotatable bonds is 5. The summed E-state index contributed by atoms with van der Waals surface area (Å²) in [5, 5.41) is 3.29. The Morgan fingerprint density at radius 2 is 2.15 bits per heavy atom. The second kappa shape index (κ2) is 5.58. The van der Waals surface area contributed by atoms with Gasteiger partial charge in [-0.15, -0.1) is 0 Å². The zero-order chi connectivity index (χ0) is 14.1. The van der Waals surface area contributed by atoms with Gasteiger partial charge >= 0.3 is 0 Å². The van der Waals surface area contributed by atoms with Crippen LogP contribution in [0.2, 0.25) is 0 Å². The van der Waals surface area contributed by atoms with Crippen LogP contribution < -0.4 is 10.2 Å². The van der Waals surface area contributed by atoms with Crippen molar-refractivity contribution in [3.05, 3.63) is 11.9 Å². The summed E-state index contributed by atoms with van der Waals surface area (Å²) in [5.41, 5.74) is 0. The molecule has 1 heterocycles. The van der Waals surface area contributed by atoms with E-state index in [1.807, 2.05) is 6.92 Å². The van der Waals surface area contributed by atoms with Crippen molar-refractivity contribution in [2.24, 2.45) is 17.8 Å². The van der Waals surface area contributed by atoms with Gasteiger partial charge < -0.3 is 10.2 Å². The van der Waals surface area contributed by atoms with Crippen molar-refractivity contribution in [1.29, 1.82) is 0 Å². The molecule has 4 heteroatoms. The topological polar surface area (TPSA) is 41.0 Å². The molecule has 0 radical (unpaired) electrons. The maximum absolute atomic E-state index is 4.59. The number of nitrogens with zero attached hydrogens (tertiary/aromatic N) is 3. The van der Waals surface area contributed by atoms with Crippen LogP contribution >= 0.6 is 0 Å². The van der Waals surface area contributed by atoms with Crippen LogP contribution in [0.25, 0.3) is 0 Å². The molecule has 0 aliphatic heterocycles. The zero-order valence-corrected chi connectivity index (χ0v) is 12.9. The molecular formula is C16H26N4. The molecule has 2 bridgehead atoms. The lowest BCUT2D eigenvalue weighted by Gasteiger charge is -2.28. The van der Waals surface area contributed by atoms with Crippen LogP contribution in [0.4, 0.5) is 11.6 Å². The molecule has 2 saturated carbocycles. The summed E-state index contributed by atoms with van der Waals surface area (Å²) >= 11 is 0. The number of hydrogen-bond acceptors (Lipinski definition) is 4. The Morgan fingerprint density at radius 1 is 1.30 bits per heavy atom. The molecule has 0 aromatic carbocycles. The SMILES string of the molecule is CCNc1cc(N(C)CC2CC3CCC2C3)nc(C)n1. The summed E-state index contributed by atoms with van der Waals surface area (Å²) in [7, 11) is 2.17. The van der Waals surface area contributed by atoms with Crippen molar-refractivity contribution in [2.75, 3.05) is 30.4 Å². The molecule has 0 spiro atoms. The predicted octanol–water partition coefficient (Wildman–Crippen LogP) is 3.09. The first kappa shape index (κ1) is 13.7. The minimum absolute atomic E-state index is 0.846. The van der Waals surface area contributed by atoms with Gasteiger partial charge in [0, 0.05) is 26.2 Å². The van der Waals surface area contributed by atoms with E-state index >= 15 is 0 Å². The van der Waals surface area contributed by atoms with Gasteiger partial charge in [0.1, 0.15) is 17.5 Å². The predicted molar refractivity (Wildman–Crippen MR) is 83.1 cm³/mol. The minimum atomic E-state index is 0.846. The van der Waals surface area contributed by atoms with Crippen LogP contribution in [0.15, 0.2) is 6.07 Å². The monoisotopic (exact) mass is 274 g/mol. The van der Waals surface area contributed by atoms with Gasteiger partial charge in [0.15, 0.2) is 0 Å². The highest BCUT2D eigenvalue weighted by molar-refractivity contribution is 5.49. The second-order valence-corrected chi connectivity index (χ2v) is 6.50. The van der Waals surface area contributed by atoms with Crippen molar-refractivity contribution in [3.63, 3.8) is 0 Å². The third-order valence-corrected chi connectivity index (χ3v) is 4.97. The molecule has 3 atom stereocenters. The third-order valence-electron chi connectivity index (χ3n) is 4.97. The molecule has 110 valence electrons. The first-order chi connectivity index (χ1) is 9.65. The Bertz CT molecular complexity index is 474. The van der Waals surface area contributed by atoms with Crippen molar-refractivity contribution in [2.45, 2.75) is 39.5 Å². The van der Waals surface area contributed by atoms with E-state index in [-0.39, 0.29) is 0 Å². The largest absolute Gasteiger partial charge is 0.370 e. The molecule has 4 nitrogen and oxygen atoms in total. The fourth-order valence-corrected chi connectivity index (χ4v) is 4.06. The average Bonchev–Trinajstić information content (AvgIpc) is 3.00. The summed E-state index contributed by atoms with van der Waals surface area (Å²) in [4.78, 5) is 11.3. The highest BCUT2D eigenvalue weighted by atomic mass is 15.2. The van der Waals surface area contributed by atoms with Gasteiger partial charge in [-0.05, 0) is 50.9 Å². The van der Waals surface area contributed by atoms with Gasteiger partial charge in [-0.2, -0.15) is 0 Å². The lowest BCUT2D eigenvalue weighted by molar-refractivity contribution is 0.337. The van der Waals surface area contributed by atoms with Gasteiger partial charge in [-0.25, -0.2) is 9.97 Å². The van der Waals surface area contributed by atoms with E-state index in [0.29, 0.717) is 0 Å². The molecule has 0 saturated heterocycles. The second-order valence-electron chi connectivity index (χ2n) is 6.50. The maximum Gasteiger partial charge on any atom is 0.134 e. The van der Waals surface area contributed by atoms with E-state index in [2.05, 4.69) is 40.2 Å². The molecule has 3 unspecified atom stereocenters. The maximum atomic E-state index is 4.59. The van der Waals surface area contributed by atoms with Crippen molar-refractivity contribution < 1.29 is 0 Å². The third kappa shape index (κ3) is 2.74. The van der Waals surface area contributed by atoms with Crippen LogP contribution in [-0.2, 0) is 0 Å². The first-order valence-electron chi connectivity index (χ1n) is 7.96. The minimum Gasteiger partial charge on any atom is -0.370 e. The first-order valence-corrected chi connectivity index (χ1v) is 7.96. The highest BCUT2D eigenvalue weighted by Gasteiger charge is 2.39. The van der Waals surface area contributed by atoms with Crippen LogP contribution in [0.1, 0.15) is 38.4 Å². The lowest BCUT2D eigenvalue weighted by atomic mass is 9.88. The van der Waals surface area contributed by atoms with E-state index < -0.39 is 0 Å². The Labute approximate surface area is 122 Å². The summed E-state index contributed by atoms with van der Waals surface area (Å²) in [6.45, 7) is 6.10. The van der Waals surface area contributed by atoms with Crippen LogP contribution in [-0.4, -0.2) is 30.1 Å². The summed E-state index contributed by atoms with van der Waals surface area (Å²) < 4.78 is 0. The lowest BCUT2D eigenvalue weighted by Crippen LogP contribution is -2.29. The molecule has 3 rings (SSSR count). The van der Waals surface area contributed by atoms with Crippen LogP contribution in [0, 0.1) is 24.7 Å². The number of aryl methyl sites for hydroxylation is 1. The average molecular weight is 274 g/mol. The van der Waals surface area contributed by atoms with E-state index in [0.717, 1.165) is 48.3 Å². The van der Waals surface area contributed by atoms with Crippen LogP contribution in [0.3, 0.4) is 0 Å². The zero-order valence-electron chi connectivity index (χ0n) is 12.9. The molecule has 20 heavy (non-hydrogen) atoms. The number of aromatic nitrogens is 2. The molecule has 1 aromatic rings. The molecule has 2 aliphatic carbocycles. The van der Waals surface area contributed by atoms with Crippen molar-refractivity contribution >= 4 is 11.6 Å². The smallest absolute Gasteiger partial charge is 0.134 e. The quantitative estimate of drug-likeness (QED) is 0.896. The van der Waals surface area contributed by atoms with E-state index in [1.54, 1.807) is 0 Å². The molecule has 2 aliphatic rings. The molecule has 1 aromatic heterocycles. The Hall–Kier alpha value is -1.32. The normalized spacial score (nSPS) is 27.9. The van der Waals surface area contributed by atoms with Gasteiger partial charge in [0.2, 0.25) is 0 Å². The Balaban J connectivity index is 1.68. The fraction of sp³-hybridized carbons (Fsp3) is 0.750. The van der Waals surface area contributed by atoms with Crippen molar-refractivity contribution in [3.8, 4) is 0 Å². The molecule has 2 fully saturated rings. The van der Waals surface area contributed by atoms with Crippen LogP contribution in [0.5, 0.6) is 0 Å². The van der Waals surface area contributed by atoms with E-state index in [4.69, 9.17) is 0 Å². The number of hydrogen-bond donors (Lipinski definition) is 1. The van der Waals surface area contributed by atoms with E-state index in [1.165, 1.54) is 25.7 Å². The Kier molecular flexibility index (Phi) is 3.81. The fourth-order valence-electron chi connectivity index (χ4n) is 4.06. The molecule has 1 N–H and O–H groups in total. The summed E-state index contributed by atoms with van der Waals surface area (Å²) in [6, 6.07) is 2.07.